The lowest BCUT2D eigenvalue weighted by atomic mass is 10.2. The minimum absolute atomic E-state index is 0.507. The summed E-state index contributed by atoms with van der Waals surface area (Å²) in [5.41, 5.74) is 0.759. The number of nitrogens with one attached hydrogen (secondary N) is 1. The highest BCUT2D eigenvalue weighted by Crippen LogP contribution is 2.28. The van der Waals surface area contributed by atoms with Crippen LogP contribution in [-0.2, 0) is 6.54 Å². The molecule has 1 heterocycles. The molecule has 1 aromatic carbocycles. The van der Waals surface area contributed by atoms with Crippen molar-refractivity contribution in [1.29, 1.82) is 0 Å². The molecule has 0 bridgehead atoms. The van der Waals surface area contributed by atoms with Crippen molar-refractivity contribution >= 4 is 23.2 Å². The van der Waals surface area contributed by atoms with Crippen LogP contribution in [0.15, 0.2) is 22.7 Å². The molecule has 0 radical (unpaired) electrons. The van der Waals surface area contributed by atoms with Crippen LogP contribution in [-0.4, -0.2) is 16.7 Å². The van der Waals surface area contributed by atoms with Gasteiger partial charge in [-0.15, -0.1) is 0 Å². The topological polar surface area (TPSA) is 51.0 Å². The van der Waals surface area contributed by atoms with Gasteiger partial charge in [0.15, 0.2) is 0 Å². The lowest BCUT2D eigenvalue weighted by molar-refractivity contribution is 0.367. The second-order valence-corrected chi connectivity index (χ2v) is 5.62. The van der Waals surface area contributed by atoms with E-state index in [0.29, 0.717) is 28.3 Å². The molecule has 6 heteroatoms. The van der Waals surface area contributed by atoms with Crippen molar-refractivity contribution in [1.82, 2.24) is 15.5 Å². The monoisotopic (exact) mass is 297 g/mol. The van der Waals surface area contributed by atoms with Gasteiger partial charge in [-0.2, -0.15) is 4.98 Å². The maximum absolute atomic E-state index is 5.95. The minimum atomic E-state index is 0.507. The number of hydrogen-bond donors (Lipinski definition) is 1. The van der Waals surface area contributed by atoms with Gasteiger partial charge in [-0.1, -0.05) is 28.4 Å². The summed E-state index contributed by atoms with van der Waals surface area (Å²) < 4.78 is 5.19. The maximum atomic E-state index is 5.95. The molecule has 2 aromatic rings. The van der Waals surface area contributed by atoms with Crippen molar-refractivity contribution in [2.24, 2.45) is 5.92 Å². The van der Waals surface area contributed by atoms with Gasteiger partial charge in [-0.3, -0.25) is 0 Å². The number of nitrogens with zero attached hydrogens (tertiary/aromatic N) is 2. The summed E-state index contributed by atoms with van der Waals surface area (Å²) in [6, 6.07) is 5.20. The molecule has 0 amide bonds. The summed E-state index contributed by atoms with van der Waals surface area (Å²) in [4.78, 5) is 4.32. The third kappa shape index (κ3) is 3.47. The standard InChI is InChI=1S/C13H13Cl2N3O/c14-10-3-9(4-11(15)5-10)13-17-12(19-18-13)7-16-6-8-1-2-8/h3-5,8,16H,1-2,6-7H2. The van der Waals surface area contributed by atoms with E-state index in [1.165, 1.54) is 12.8 Å². The van der Waals surface area contributed by atoms with E-state index in [0.717, 1.165) is 18.0 Å². The van der Waals surface area contributed by atoms with E-state index in [1.807, 2.05) is 0 Å². The highest BCUT2D eigenvalue weighted by Gasteiger charge is 2.20. The summed E-state index contributed by atoms with van der Waals surface area (Å²) in [5.74, 6) is 1.91. The van der Waals surface area contributed by atoms with Crippen LogP contribution < -0.4 is 5.32 Å². The van der Waals surface area contributed by atoms with Crippen molar-refractivity contribution in [3.05, 3.63) is 34.1 Å². The van der Waals surface area contributed by atoms with E-state index in [1.54, 1.807) is 18.2 Å². The summed E-state index contributed by atoms with van der Waals surface area (Å²) >= 11 is 11.9. The number of benzene rings is 1. The summed E-state index contributed by atoms with van der Waals surface area (Å²) in [6.07, 6.45) is 2.65. The van der Waals surface area contributed by atoms with Gasteiger partial charge in [0.1, 0.15) is 0 Å². The first-order valence-electron chi connectivity index (χ1n) is 6.20. The van der Waals surface area contributed by atoms with Crippen molar-refractivity contribution < 1.29 is 4.52 Å². The predicted octanol–water partition coefficient (Wildman–Crippen LogP) is 3.54. The summed E-state index contributed by atoms with van der Waals surface area (Å²) in [6.45, 7) is 1.61. The zero-order valence-electron chi connectivity index (χ0n) is 10.2. The van der Waals surface area contributed by atoms with Crippen LogP contribution in [0.1, 0.15) is 18.7 Å². The Hall–Kier alpha value is -1.10. The molecule has 1 saturated carbocycles. The zero-order chi connectivity index (χ0) is 13.2. The Morgan fingerprint density at radius 1 is 1.21 bits per heavy atom. The predicted molar refractivity (Wildman–Crippen MR) is 74.2 cm³/mol. The summed E-state index contributed by atoms with van der Waals surface area (Å²) in [5, 5.41) is 8.35. The first kappa shape index (κ1) is 12.9. The van der Waals surface area contributed by atoms with Gasteiger partial charge in [0.05, 0.1) is 6.54 Å². The smallest absolute Gasteiger partial charge is 0.240 e. The molecule has 0 spiro atoms. The molecule has 100 valence electrons. The van der Waals surface area contributed by atoms with Crippen LogP contribution in [0.5, 0.6) is 0 Å². The van der Waals surface area contributed by atoms with Gasteiger partial charge < -0.3 is 9.84 Å². The molecule has 1 aromatic heterocycles. The number of hydrogen-bond acceptors (Lipinski definition) is 4. The number of rotatable bonds is 5. The third-order valence-corrected chi connectivity index (χ3v) is 3.43. The van der Waals surface area contributed by atoms with Crippen LogP contribution in [0.3, 0.4) is 0 Å². The van der Waals surface area contributed by atoms with Crippen LogP contribution >= 0.6 is 23.2 Å². The van der Waals surface area contributed by atoms with Crippen molar-refractivity contribution in [3.8, 4) is 11.4 Å². The Kier molecular flexibility index (Phi) is 3.73. The SMILES string of the molecule is Clc1cc(Cl)cc(-c2noc(CNCC3CC3)n2)c1. The molecule has 1 fully saturated rings. The molecule has 0 atom stereocenters. The van der Waals surface area contributed by atoms with Crippen LogP contribution in [0.25, 0.3) is 11.4 Å². The normalized spacial score (nSPS) is 14.8. The fraction of sp³-hybridized carbons (Fsp3) is 0.385. The van der Waals surface area contributed by atoms with Gasteiger partial charge in [0.2, 0.25) is 11.7 Å². The molecule has 0 aliphatic heterocycles. The molecular formula is C13H13Cl2N3O. The van der Waals surface area contributed by atoms with Crippen molar-refractivity contribution in [3.63, 3.8) is 0 Å². The highest BCUT2D eigenvalue weighted by atomic mass is 35.5. The molecular weight excluding hydrogens is 285 g/mol. The maximum Gasteiger partial charge on any atom is 0.240 e. The van der Waals surface area contributed by atoms with Crippen LogP contribution in [0.4, 0.5) is 0 Å². The lowest BCUT2D eigenvalue weighted by Gasteiger charge is -1.98. The second kappa shape index (κ2) is 5.49. The van der Waals surface area contributed by atoms with E-state index in [9.17, 15) is 0 Å². The Labute approximate surface area is 121 Å². The van der Waals surface area contributed by atoms with E-state index in [-0.39, 0.29) is 0 Å². The highest BCUT2D eigenvalue weighted by molar-refractivity contribution is 6.35. The average Bonchev–Trinajstić information content (AvgIpc) is 3.04. The lowest BCUT2D eigenvalue weighted by Crippen LogP contribution is -2.16. The molecule has 19 heavy (non-hydrogen) atoms. The minimum Gasteiger partial charge on any atom is -0.338 e. The van der Waals surface area contributed by atoms with Crippen molar-refractivity contribution in [2.45, 2.75) is 19.4 Å². The average molecular weight is 298 g/mol. The van der Waals surface area contributed by atoms with E-state index < -0.39 is 0 Å². The van der Waals surface area contributed by atoms with Crippen molar-refractivity contribution in [2.75, 3.05) is 6.54 Å². The molecule has 1 N–H and O–H groups in total. The van der Waals surface area contributed by atoms with Gasteiger partial charge in [0.25, 0.3) is 0 Å². The Morgan fingerprint density at radius 2 is 1.95 bits per heavy atom. The Morgan fingerprint density at radius 3 is 2.63 bits per heavy atom. The molecule has 3 rings (SSSR count). The Balaban J connectivity index is 1.68. The van der Waals surface area contributed by atoms with Crippen LogP contribution in [0.2, 0.25) is 10.0 Å². The molecule has 1 aliphatic carbocycles. The van der Waals surface area contributed by atoms with E-state index >= 15 is 0 Å². The number of aromatic nitrogens is 2. The third-order valence-electron chi connectivity index (χ3n) is 3.00. The summed E-state index contributed by atoms with van der Waals surface area (Å²) in [7, 11) is 0. The number of halogens is 2. The first-order valence-corrected chi connectivity index (χ1v) is 6.96. The van der Waals surface area contributed by atoms with E-state index in [4.69, 9.17) is 27.7 Å². The Bertz CT molecular complexity index is 561. The fourth-order valence-corrected chi connectivity index (χ4v) is 2.36. The van der Waals surface area contributed by atoms with Gasteiger partial charge in [-0.25, -0.2) is 0 Å². The molecule has 0 saturated heterocycles. The largest absolute Gasteiger partial charge is 0.338 e. The van der Waals surface area contributed by atoms with Gasteiger partial charge >= 0.3 is 0 Å². The van der Waals surface area contributed by atoms with Gasteiger partial charge in [-0.05, 0) is 43.5 Å². The molecule has 1 aliphatic rings. The van der Waals surface area contributed by atoms with Crippen LogP contribution in [0, 0.1) is 5.92 Å². The molecule has 0 unspecified atom stereocenters. The van der Waals surface area contributed by atoms with Gasteiger partial charge in [0, 0.05) is 15.6 Å². The quantitative estimate of drug-likeness (QED) is 0.917. The molecule has 4 nitrogen and oxygen atoms in total. The van der Waals surface area contributed by atoms with E-state index in [2.05, 4.69) is 15.5 Å². The zero-order valence-corrected chi connectivity index (χ0v) is 11.7. The fourth-order valence-electron chi connectivity index (χ4n) is 1.83. The second-order valence-electron chi connectivity index (χ2n) is 4.74. The first-order chi connectivity index (χ1) is 9.20.